The summed E-state index contributed by atoms with van der Waals surface area (Å²) in [5, 5.41) is 12.4. The van der Waals surface area contributed by atoms with Crippen LogP contribution in [0.3, 0.4) is 0 Å². The van der Waals surface area contributed by atoms with E-state index in [9.17, 15) is 24.3 Å². The fourth-order valence-electron chi connectivity index (χ4n) is 7.05. The van der Waals surface area contributed by atoms with E-state index in [1.165, 1.54) is 0 Å². The van der Waals surface area contributed by atoms with Gasteiger partial charge in [-0.2, -0.15) is 0 Å². The van der Waals surface area contributed by atoms with Crippen molar-refractivity contribution in [2.45, 2.75) is 56.1 Å². The van der Waals surface area contributed by atoms with Gasteiger partial charge in [0.25, 0.3) is 0 Å². The van der Waals surface area contributed by atoms with Crippen molar-refractivity contribution in [3.05, 3.63) is 94.5 Å². The first-order valence-electron chi connectivity index (χ1n) is 15.8. The summed E-state index contributed by atoms with van der Waals surface area (Å²) >= 11 is 3.59. The van der Waals surface area contributed by atoms with Crippen LogP contribution in [0.4, 0.5) is 0 Å². The molecule has 5 bridgehead atoms. The predicted octanol–water partition coefficient (Wildman–Crippen LogP) is 3.41. The predicted molar refractivity (Wildman–Crippen MR) is 172 cm³/mol. The Labute approximate surface area is 276 Å². The van der Waals surface area contributed by atoms with Crippen LogP contribution in [-0.2, 0) is 35.2 Å². The van der Waals surface area contributed by atoms with Gasteiger partial charge in [0, 0.05) is 37.1 Å². The van der Waals surface area contributed by atoms with E-state index < -0.39 is 41.7 Å². The van der Waals surface area contributed by atoms with Crippen LogP contribution in [0.1, 0.15) is 42.9 Å². The second-order valence-electron chi connectivity index (χ2n) is 12.1. The lowest BCUT2D eigenvalue weighted by Crippen LogP contribution is -2.55. The number of unbranched alkanes of at least 4 members (excludes halogenated alkanes) is 1. The van der Waals surface area contributed by atoms with Crippen LogP contribution in [0.25, 0.3) is 0 Å². The minimum atomic E-state index is -1.39. The van der Waals surface area contributed by atoms with Crippen molar-refractivity contribution in [1.82, 2.24) is 15.1 Å². The Balaban J connectivity index is 1.41. The third-order valence-electron chi connectivity index (χ3n) is 9.21. The highest BCUT2D eigenvalue weighted by molar-refractivity contribution is 9.11. The number of cyclic esters (lactones) is 1. The van der Waals surface area contributed by atoms with Gasteiger partial charge in [-0.1, -0.05) is 88.7 Å². The summed E-state index contributed by atoms with van der Waals surface area (Å²) in [7, 11) is 0. The number of benzene rings is 2. The molecule has 6 atom stereocenters. The summed E-state index contributed by atoms with van der Waals surface area (Å²) < 4.78 is 13.3. The lowest BCUT2D eigenvalue weighted by atomic mass is 9.74. The molecule has 4 heterocycles. The first-order valence-corrected chi connectivity index (χ1v) is 16.6. The van der Waals surface area contributed by atoms with Crippen LogP contribution in [-0.4, -0.2) is 82.6 Å². The molecule has 10 nitrogen and oxygen atoms in total. The molecule has 11 heteroatoms. The van der Waals surface area contributed by atoms with E-state index in [2.05, 4.69) is 21.2 Å². The number of amides is 3. The molecule has 2 aromatic carbocycles. The van der Waals surface area contributed by atoms with Crippen molar-refractivity contribution in [3.8, 4) is 0 Å². The highest BCUT2D eigenvalue weighted by Crippen LogP contribution is 2.59. The minimum absolute atomic E-state index is 0.0451. The average molecular weight is 693 g/mol. The molecule has 6 rings (SSSR count). The van der Waals surface area contributed by atoms with Crippen LogP contribution in [0.5, 0.6) is 0 Å². The van der Waals surface area contributed by atoms with Gasteiger partial charge < -0.3 is 29.7 Å². The first-order chi connectivity index (χ1) is 22.3. The van der Waals surface area contributed by atoms with E-state index >= 15 is 0 Å². The maximum absolute atomic E-state index is 14.7. The number of nitrogens with zero attached hydrogens (tertiary/aromatic N) is 2. The molecule has 2 aromatic rings. The number of fused-ring (bicyclic) bond motifs is 2. The molecule has 2 N–H and O–H groups in total. The normalized spacial score (nSPS) is 30.6. The number of carbonyl (C=O) groups excluding carboxylic acids is 4. The van der Waals surface area contributed by atoms with E-state index in [1.807, 2.05) is 72.8 Å². The number of hydrogen-bond acceptors (Lipinski definition) is 7. The van der Waals surface area contributed by atoms with E-state index in [-0.39, 0.29) is 50.4 Å². The van der Waals surface area contributed by atoms with Gasteiger partial charge in [0.15, 0.2) is 0 Å². The number of hydrogen-bond donors (Lipinski definition) is 2. The minimum Gasteiger partial charge on any atom is -0.455 e. The number of aliphatic hydroxyl groups excluding tert-OH is 1. The Bertz CT molecular complexity index is 1520. The Morgan fingerprint density at radius 1 is 0.957 bits per heavy atom. The first kappa shape index (κ1) is 32.2. The fourth-order valence-corrected chi connectivity index (χ4v) is 7.79. The molecule has 0 aromatic heterocycles. The zero-order chi connectivity index (χ0) is 32.3. The van der Waals surface area contributed by atoms with Crippen LogP contribution in [0, 0.1) is 11.8 Å². The SMILES string of the molecule is O=C1CC/C=C\CN(Cc2ccccc2)C(=O)[C@@H]2N(CCCCO)C(=O)[C@H]3[C@H](C(=O)O[C@H](c4ccccc4)CN1)[C@H]1O[C@@]23C=C1Br. The maximum Gasteiger partial charge on any atom is 0.313 e. The third-order valence-corrected chi connectivity index (χ3v) is 9.89. The number of aliphatic hydroxyl groups is 1. The lowest BCUT2D eigenvalue weighted by Gasteiger charge is -2.36. The van der Waals surface area contributed by atoms with Gasteiger partial charge in [-0.3, -0.25) is 19.2 Å². The van der Waals surface area contributed by atoms with E-state index in [4.69, 9.17) is 9.47 Å². The number of nitrogens with one attached hydrogen (secondary N) is 1. The second kappa shape index (κ2) is 13.9. The molecular weight excluding hydrogens is 654 g/mol. The molecular formula is C35H38BrN3O7. The van der Waals surface area contributed by atoms with Gasteiger partial charge in [-0.05, 0) is 36.5 Å². The second-order valence-corrected chi connectivity index (χ2v) is 13.1. The van der Waals surface area contributed by atoms with Crippen LogP contribution in [0.15, 0.2) is 83.4 Å². The Kier molecular flexibility index (Phi) is 9.72. The van der Waals surface area contributed by atoms with Crippen molar-refractivity contribution in [2.24, 2.45) is 11.8 Å². The summed E-state index contributed by atoms with van der Waals surface area (Å²) in [6.45, 7) is 0.788. The topological polar surface area (TPSA) is 125 Å². The zero-order valence-corrected chi connectivity index (χ0v) is 27.0. The highest BCUT2D eigenvalue weighted by atomic mass is 79.9. The molecule has 4 aliphatic heterocycles. The summed E-state index contributed by atoms with van der Waals surface area (Å²) in [5.74, 6) is -3.46. The largest absolute Gasteiger partial charge is 0.455 e. The number of esters is 1. The molecule has 4 aliphatic rings. The summed E-state index contributed by atoms with van der Waals surface area (Å²) in [6.07, 6.45) is 5.56. The average Bonchev–Trinajstić information content (AvgIpc) is 3.65. The van der Waals surface area contributed by atoms with Crippen molar-refractivity contribution < 1.29 is 33.8 Å². The third kappa shape index (κ3) is 6.15. The maximum atomic E-state index is 14.7. The molecule has 0 unspecified atom stereocenters. The van der Waals surface area contributed by atoms with E-state index in [0.29, 0.717) is 35.9 Å². The molecule has 0 aliphatic carbocycles. The summed E-state index contributed by atoms with van der Waals surface area (Å²) in [5.41, 5.74) is 0.237. The van der Waals surface area contributed by atoms with E-state index in [1.54, 1.807) is 15.9 Å². The van der Waals surface area contributed by atoms with Gasteiger partial charge in [-0.15, -0.1) is 0 Å². The van der Waals surface area contributed by atoms with Crippen molar-refractivity contribution >= 4 is 39.6 Å². The Hall–Kier alpha value is -3.80. The molecule has 1 spiro atoms. The number of carbonyl (C=O) groups is 4. The van der Waals surface area contributed by atoms with Gasteiger partial charge in [0.2, 0.25) is 17.7 Å². The van der Waals surface area contributed by atoms with Gasteiger partial charge in [0.05, 0.1) is 12.5 Å². The van der Waals surface area contributed by atoms with Crippen molar-refractivity contribution in [1.29, 1.82) is 0 Å². The van der Waals surface area contributed by atoms with Gasteiger partial charge in [-0.25, -0.2) is 0 Å². The molecule has 0 saturated carbocycles. The molecule has 0 radical (unpaired) electrons. The zero-order valence-electron chi connectivity index (χ0n) is 25.4. The molecule has 46 heavy (non-hydrogen) atoms. The number of rotatable bonds is 7. The van der Waals surface area contributed by atoms with Crippen molar-refractivity contribution in [3.63, 3.8) is 0 Å². The van der Waals surface area contributed by atoms with Gasteiger partial charge in [0.1, 0.15) is 29.8 Å². The highest BCUT2D eigenvalue weighted by Gasteiger charge is 2.74. The van der Waals surface area contributed by atoms with Crippen molar-refractivity contribution in [2.75, 3.05) is 26.2 Å². The number of likely N-dealkylation sites (tertiary alicyclic amines) is 1. The van der Waals surface area contributed by atoms with Crippen LogP contribution < -0.4 is 5.32 Å². The Morgan fingerprint density at radius 3 is 2.43 bits per heavy atom. The molecule has 242 valence electrons. The standard InChI is InChI=1S/C35H38BrN3O7/c36-25-20-35-29-28(30(25)46-35)34(44)45-26(24-14-6-2-7-15-24)21-37-27(41)16-8-3-9-17-38(22-23-12-4-1-5-13-23)33(43)31(35)39(32(29)42)18-10-11-19-40/h1-7,9,12-15,20,26,28-31,40H,8,10-11,16-19,21-22H2,(H,37,41)/b9-3-/t26-,28-,29+,30-,31-,35+/m0/s1. The Morgan fingerprint density at radius 2 is 1.70 bits per heavy atom. The number of ether oxygens (including phenoxy) is 2. The molecule has 2 saturated heterocycles. The smallest absolute Gasteiger partial charge is 0.313 e. The molecule has 2 fully saturated rings. The molecule has 3 amide bonds. The lowest BCUT2D eigenvalue weighted by molar-refractivity contribution is -0.159. The van der Waals surface area contributed by atoms with Crippen LogP contribution in [0.2, 0.25) is 0 Å². The number of allylic oxidation sites excluding steroid dienone is 1. The monoisotopic (exact) mass is 691 g/mol. The van der Waals surface area contributed by atoms with E-state index in [0.717, 1.165) is 5.56 Å². The summed E-state index contributed by atoms with van der Waals surface area (Å²) in [4.78, 5) is 59.2. The van der Waals surface area contributed by atoms with Gasteiger partial charge >= 0.3 is 5.97 Å². The summed E-state index contributed by atoms with van der Waals surface area (Å²) in [6, 6.07) is 17.7. The number of halogens is 1. The fraction of sp³-hybridized carbons (Fsp3) is 0.429. The quantitative estimate of drug-likeness (QED) is 0.259. The van der Waals surface area contributed by atoms with Crippen LogP contribution >= 0.6 is 15.9 Å².